The fourth-order valence-corrected chi connectivity index (χ4v) is 2.76. The molecule has 5 nitrogen and oxygen atoms in total. The summed E-state index contributed by atoms with van der Waals surface area (Å²) in [5.74, 6) is 0.459. The van der Waals surface area contributed by atoms with E-state index in [0.717, 1.165) is 22.6 Å². The predicted octanol–water partition coefficient (Wildman–Crippen LogP) is 4.21. The van der Waals surface area contributed by atoms with Crippen LogP contribution in [0, 0.1) is 6.92 Å². The topological polar surface area (TPSA) is 55.6 Å². The van der Waals surface area contributed by atoms with Gasteiger partial charge in [0.1, 0.15) is 5.75 Å². The number of carbonyl (C=O) groups excluding carboxylic acids is 1. The van der Waals surface area contributed by atoms with Gasteiger partial charge in [-0.1, -0.05) is 17.7 Å². The van der Waals surface area contributed by atoms with Crippen LogP contribution in [-0.4, -0.2) is 23.8 Å². The Morgan fingerprint density at radius 1 is 1.19 bits per heavy atom. The highest BCUT2D eigenvalue weighted by Crippen LogP contribution is 2.17. The number of hydrogen-bond donors (Lipinski definition) is 1. The van der Waals surface area contributed by atoms with Crippen molar-refractivity contribution in [3.63, 3.8) is 0 Å². The predicted molar refractivity (Wildman–Crippen MR) is 104 cm³/mol. The van der Waals surface area contributed by atoms with Crippen molar-refractivity contribution in [2.24, 2.45) is 5.10 Å². The Labute approximate surface area is 156 Å². The maximum Gasteiger partial charge on any atom is 0.272 e. The number of aromatic nitrogens is 1. The number of ether oxygens (including phenoxy) is 1. The van der Waals surface area contributed by atoms with Gasteiger partial charge in [-0.15, -0.1) is 0 Å². The number of methoxy groups -OCH3 is 1. The molecule has 1 amide bonds. The van der Waals surface area contributed by atoms with Crippen molar-refractivity contribution in [1.82, 2.24) is 9.99 Å². The molecule has 0 aliphatic carbocycles. The molecule has 0 fully saturated rings. The molecule has 0 aliphatic heterocycles. The third-order valence-electron chi connectivity index (χ3n) is 3.84. The van der Waals surface area contributed by atoms with Crippen LogP contribution >= 0.6 is 11.6 Å². The third kappa shape index (κ3) is 4.13. The molecule has 0 aliphatic rings. The number of halogens is 1. The molecule has 0 bridgehead atoms. The van der Waals surface area contributed by atoms with Crippen LogP contribution in [0.5, 0.6) is 5.75 Å². The average Bonchev–Trinajstić information content (AvgIpc) is 3.10. The molecule has 0 spiro atoms. The van der Waals surface area contributed by atoms with Crippen molar-refractivity contribution in [1.29, 1.82) is 0 Å². The second-order valence-corrected chi connectivity index (χ2v) is 6.14. The molecule has 0 radical (unpaired) electrons. The molecule has 2 aromatic carbocycles. The van der Waals surface area contributed by atoms with E-state index >= 15 is 0 Å². The summed E-state index contributed by atoms with van der Waals surface area (Å²) in [4.78, 5) is 12.1. The summed E-state index contributed by atoms with van der Waals surface area (Å²) < 4.78 is 7.11. The van der Waals surface area contributed by atoms with Gasteiger partial charge in [0.15, 0.2) is 0 Å². The van der Waals surface area contributed by atoms with Gasteiger partial charge in [-0.25, -0.2) is 5.43 Å². The number of hydrogen-bond acceptors (Lipinski definition) is 3. The maximum atomic E-state index is 12.1. The van der Waals surface area contributed by atoms with Gasteiger partial charge in [0.05, 0.1) is 23.9 Å². The van der Waals surface area contributed by atoms with Crippen LogP contribution < -0.4 is 10.2 Å². The van der Waals surface area contributed by atoms with Crippen LogP contribution in [0.4, 0.5) is 0 Å². The number of amides is 1. The van der Waals surface area contributed by atoms with E-state index < -0.39 is 0 Å². The minimum absolute atomic E-state index is 0.346. The molecule has 0 atom stereocenters. The fourth-order valence-electron chi connectivity index (χ4n) is 2.43. The normalized spacial score (nSPS) is 10.9. The van der Waals surface area contributed by atoms with Gasteiger partial charge >= 0.3 is 0 Å². The van der Waals surface area contributed by atoms with E-state index in [9.17, 15) is 4.79 Å². The maximum absolute atomic E-state index is 12.1. The molecular formula is C20H18ClN3O2. The Bertz CT molecular complexity index is 946. The van der Waals surface area contributed by atoms with Gasteiger partial charge in [0.25, 0.3) is 5.91 Å². The quantitative estimate of drug-likeness (QED) is 0.542. The first kappa shape index (κ1) is 17.8. The van der Waals surface area contributed by atoms with Crippen molar-refractivity contribution in [3.8, 4) is 11.4 Å². The Morgan fingerprint density at radius 3 is 2.65 bits per heavy atom. The minimum atomic E-state index is -0.346. The second kappa shape index (κ2) is 7.89. The van der Waals surface area contributed by atoms with Gasteiger partial charge < -0.3 is 9.30 Å². The van der Waals surface area contributed by atoms with Crippen LogP contribution in [0.25, 0.3) is 5.69 Å². The number of nitrogens with one attached hydrogen (secondary N) is 1. The lowest BCUT2D eigenvalue weighted by Gasteiger charge is -2.04. The van der Waals surface area contributed by atoms with Gasteiger partial charge in [0.2, 0.25) is 0 Å². The number of nitrogens with zero attached hydrogens (tertiary/aromatic N) is 2. The molecule has 0 unspecified atom stereocenters. The molecule has 0 saturated heterocycles. The van der Waals surface area contributed by atoms with E-state index in [0.29, 0.717) is 10.6 Å². The molecular weight excluding hydrogens is 350 g/mol. The second-order valence-electron chi connectivity index (χ2n) is 5.73. The van der Waals surface area contributed by atoms with Crippen molar-refractivity contribution >= 4 is 23.7 Å². The molecule has 1 heterocycles. The van der Waals surface area contributed by atoms with Crippen molar-refractivity contribution < 1.29 is 9.53 Å². The van der Waals surface area contributed by atoms with Crippen LogP contribution in [0.3, 0.4) is 0 Å². The van der Waals surface area contributed by atoms with E-state index in [1.807, 2.05) is 60.3 Å². The SMILES string of the molecule is COc1ccc(-n2ccc(/C=N\NC(=O)c3ccc(C)cc3Cl)c2)cc1. The molecule has 1 aromatic heterocycles. The van der Waals surface area contributed by atoms with Gasteiger partial charge in [-0.2, -0.15) is 5.10 Å². The number of rotatable bonds is 5. The first-order valence-corrected chi connectivity index (χ1v) is 8.36. The van der Waals surface area contributed by atoms with Gasteiger partial charge in [0, 0.05) is 23.6 Å². The Morgan fingerprint density at radius 2 is 1.96 bits per heavy atom. The molecule has 1 N–H and O–H groups in total. The van der Waals surface area contributed by atoms with Crippen molar-refractivity contribution in [2.45, 2.75) is 6.92 Å². The summed E-state index contributed by atoms with van der Waals surface area (Å²) in [5.41, 5.74) is 5.74. The molecule has 132 valence electrons. The molecule has 6 heteroatoms. The zero-order valence-electron chi connectivity index (χ0n) is 14.4. The lowest BCUT2D eigenvalue weighted by Crippen LogP contribution is -2.18. The molecule has 0 saturated carbocycles. The van der Waals surface area contributed by atoms with E-state index in [2.05, 4.69) is 10.5 Å². The number of aryl methyl sites for hydroxylation is 1. The highest BCUT2D eigenvalue weighted by molar-refractivity contribution is 6.33. The highest BCUT2D eigenvalue weighted by atomic mass is 35.5. The standard InChI is InChI=1S/C20H18ClN3O2/c1-14-3-8-18(19(21)11-14)20(25)23-22-12-15-9-10-24(13-15)16-4-6-17(26-2)7-5-16/h3-13H,1-2H3,(H,23,25)/b22-12-. The Balaban J connectivity index is 1.65. The van der Waals surface area contributed by atoms with Crippen LogP contribution in [0.2, 0.25) is 5.02 Å². The summed E-state index contributed by atoms with van der Waals surface area (Å²) >= 11 is 6.09. The van der Waals surface area contributed by atoms with E-state index in [1.165, 1.54) is 0 Å². The highest BCUT2D eigenvalue weighted by Gasteiger charge is 2.09. The van der Waals surface area contributed by atoms with Gasteiger partial charge in [-0.05, 0) is 55.0 Å². The van der Waals surface area contributed by atoms with Crippen LogP contribution in [0.15, 0.2) is 66.0 Å². The Hall–Kier alpha value is -3.05. The van der Waals surface area contributed by atoms with E-state index in [4.69, 9.17) is 16.3 Å². The fraction of sp³-hybridized carbons (Fsp3) is 0.100. The zero-order valence-corrected chi connectivity index (χ0v) is 15.2. The number of hydrazone groups is 1. The number of carbonyl (C=O) groups is 1. The first-order valence-electron chi connectivity index (χ1n) is 7.99. The minimum Gasteiger partial charge on any atom is -0.497 e. The smallest absolute Gasteiger partial charge is 0.272 e. The summed E-state index contributed by atoms with van der Waals surface area (Å²) in [5, 5.41) is 4.41. The third-order valence-corrected chi connectivity index (χ3v) is 4.15. The monoisotopic (exact) mass is 367 g/mol. The lowest BCUT2D eigenvalue weighted by atomic mass is 10.1. The zero-order chi connectivity index (χ0) is 18.5. The molecule has 26 heavy (non-hydrogen) atoms. The van der Waals surface area contributed by atoms with E-state index in [1.54, 1.807) is 25.5 Å². The first-order chi connectivity index (χ1) is 12.6. The molecule has 3 aromatic rings. The summed E-state index contributed by atoms with van der Waals surface area (Å²) in [6.07, 6.45) is 5.41. The largest absolute Gasteiger partial charge is 0.497 e. The Kier molecular flexibility index (Phi) is 5.39. The van der Waals surface area contributed by atoms with Crippen LogP contribution in [-0.2, 0) is 0 Å². The number of benzene rings is 2. The van der Waals surface area contributed by atoms with Gasteiger partial charge in [-0.3, -0.25) is 4.79 Å². The van der Waals surface area contributed by atoms with Crippen molar-refractivity contribution in [3.05, 3.63) is 82.6 Å². The van der Waals surface area contributed by atoms with Crippen molar-refractivity contribution in [2.75, 3.05) is 7.11 Å². The lowest BCUT2D eigenvalue weighted by molar-refractivity contribution is 0.0955. The van der Waals surface area contributed by atoms with Crippen LogP contribution in [0.1, 0.15) is 21.5 Å². The average molecular weight is 368 g/mol. The summed E-state index contributed by atoms with van der Waals surface area (Å²) in [6.45, 7) is 1.92. The van der Waals surface area contributed by atoms with E-state index in [-0.39, 0.29) is 5.91 Å². The summed E-state index contributed by atoms with van der Waals surface area (Å²) in [7, 11) is 1.64. The summed E-state index contributed by atoms with van der Waals surface area (Å²) in [6, 6.07) is 14.9. The molecule has 3 rings (SSSR count).